The number of likely N-dealkylation sites (tertiary alicyclic amines) is 1. The fourth-order valence-corrected chi connectivity index (χ4v) is 4.16. The van der Waals surface area contributed by atoms with Gasteiger partial charge in [-0.05, 0) is 43.4 Å². The molecule has 3 fully saturated rings. The van der Waals surface area contributed by atoms with E-state index in [1.807, 2.05) is 0 Å². The fraction of sp³-hybridized carbons (Fsp3) is 0.867. The van der Waals surface area contributed by atoms with Gasteiger partial charge in [0, 0.05) is 18.8 Å². The van der Waals surface area contributed by atoms with Crippen LogP contribution < -0.4 is 0 Å². The molecule has 1 saturated heterocycles. The summed E-state index contributed by atoms with van der Waals surface area (Å²) in [6, 6.07) is 0. The monoisotopic (exact) mass is 219 g/mol. The summed E-state index contributed by atoms with van der Waals surface area (Å²) in [4.78, 5) is 2.64. The lowest BCUT2D eigenvalue weighted by Crippen LogP contribution is -2.26. The molecule has 3 rings (SSSR count). The molecule has 1 nitrogen and oxygen atoms in total. The van der Waals surface area contributed by atoms with Crippen LogP contribution in [0, 0.1) is 17.8 Å². The molecular weight excluding hydrogens is 194 g/mol. The lowest BCUT2D eigenvalue weighted by atomic mass is 9.87. The smallest absolute Gasteiger partial charge is 0.0206 e. The Morgan fingerprint density at radius 2 is 1.44 bits per heavy atom. The molecular formula is C15H25N. The van der Waals surface area contributed by atoms with E-state index in [2.05, 4.69) is 11.5 Å². The molecule has 0 aromatic carbocycles. The first-order valence-electron chi connectivity index (χ1n) is 7.28. The third-order valence-electron chi connectivity index (χ3n) is 5.21. The molecule has 2 saturated carbocycles. The van der Waals surface area contributed by atoms with Gasteiger partial charge in [0.15, 0.2) is 0 Å². The zero-order valence-electron chi connectivity index (χ0n) is 10.5. The van der Waals surface area contributed by atoms with E-state index in [0.717, 1.165) is 17.8 Å². The third-order valence-corrected chi connectivity index (χ3v) is 5.21. The third kappa shape index (κ3) is 1.89. The SMILES string of the molecule is C=C(C1CCCCC1)N1CC2CCCC2C1. The summed E-state index contributed by atoms with van der Waals surface area (Å²) < 4.78 is 0. The average Bonchev–Trinajstić information content (AvgIpc) is 2.89. The number of rotatable bonds is 2. The molecule has 1 heteroatoms. The number of hydrogen-bond acceptors (Lipinski definition) is 1. The van der Waals surface area contributed by atoms with Crippen molar-refractivity contribution >= 4 is 0 Å². The molecule has 0 spiro atoms. The minimum absolute atomic E-state index is 0.826. The number of hydrogen-bond donors (Lipinski definition) is 0. The Labute approximate surface area is 99.9 Å². The van der Waals surface area contributed by atoms with Gasteiger partial charge in [-0.25, -0.2) is 0 Å². The lowest BCUT2D eigenvalue weighted by molar-refractivity contribution is 0.291. The quantitative estimate of drug-likeness (QED) is 0.682. The molecule has 1 heterocycles. The van der Waals surface area contributed by atoms with Crippen LogP contribution in [0.4, 0.5) is 0 Å². The maximum Gasteiger partial charge on any atom is 0.0206 e. The van der Waals surface area contributed by atoms with Gasteiger partial charge in [-0.3, -0.25) is 0 Å². The normalized spacial score (nSPS) is 35.4. The molecule has 0 bridgehead atoms. The molecule has 0 N–H and O–H groups in total. The van der Waals surface area contributed by atoms with Crippen LogP contribution in [-0.4, -0.2) is 18.0 Å². The van der Waals surface area contributed by atoms with E-state index in [4.69, 9.17) is 0 Å². The molecule has 3 aliphatic rings. The van der Waals surface area contributed by atoms with Crippen LogP contribution in [0.2, 0.25) is 0 Å². The van der Waals surface area contributed by atoms with Gasteiger partial charge in [0.1, 0.15) is 0 Å². The van der Waals surface area contributed by atoms with Crippen molar-refractivity contribution in [2.45, 2.75) is 51.4 Å². The summed E-state index contributed by atoms with van der Waals surface area (Å²) in [5.41, 5.74) is 1.49. The maximum absolute atomic E-state index is 4.41. The first-order chi connectivity index (χ1) is 7.84. The van der Waals surface area contributed by atoms with Crippen molar-refractivity contribution in [1.82, 2.24) is 4.90 Å². The Morgan fingerprint density at radius 1 is 0.812 bits per heavy atom. The molecule has 0 radical (unpaired) electrons. The second-order valence-corrected chi connectivity index (χ2v) is 6.18. The van der Waals surface area contributed by atoms with E-state index >= 15 is 0 Å². The summed E-state index contributed by atoms with van der Waals surface area (Å²) in [5, 5.41) is 0. The van der Waals surface area contributed by atoms with Gasteiger partial charge in [-0.1, -0.05) is 32.3 Å². The largest absolute Gasteiger partial charge is 0.374 e. The second-order valence-electron chi connectivity index (χ2n) is 6.18. The van der Waals surface area contributed by atoms with Gasteiger partial charge >= 0.3 is 0 Å². The number of fused-ring (bicyclic) bond motifs is 1. The summed E-state index contributed by atoms with van der Waals surface area (Å²) in [6.07, 6.45) is 11.6. The zero-order chi connectivity index (χ0) is 11.0. The molecule has 16 heavy (non-hydrogen) atoms. The van der Waals surface area contributed by atoms with Gasteiger partial charge in [0.05, 0.1) is 0 Å². The zero-order valence-corrected chi connectivity index (χ0v) is 10.5. The summed E-state index contributed by atoms with van der Waals surface area (Å²) in [7, 11) is 0. The molecule has 2 aliphatic carbocycles. The Kier molecular flexibility index (Phi) is 2.95. The molecule has 0 aromatic rings. The highest BCUT2D eigenvalue weighted by molar-refractivity contribution is 5.06. The highest BCUT2D eigenvalue weighted by Gasteiger charge is 2.37. The van der Waals surface area contributed by atoms with E-state index < -0.39 is 0 Å². The van der Waals surface area contributed by atoms with Crippen LogP contribution in [0.5, 0.6) is 0 Å². The highest BCUT2D eigenvalue weighted by Crippen LogP contribution is 2.41. The van der Waals surface area contributed by atoms with Crippen molar-refractivity contribution < 1.29 is 0 Å². The first kappa shape index (κ1) is 10.7. The molecule has 90 valence electrons. The van der Waals surface area contributed by atoms with Crippen LogP contribution in [-0.2, 0) is 0 Å². The maximum atomic E-state index is 4.41. The molecule has 2 atom stereocenters. The van der Waals surface area contributed by atoms with Crippen molar-refractivity contribution in [3.05, 3.63) is 12.3 Å². The van der Waals surface area contributed by atoms with Crippen molar-refractivity contribution in [3.8, 4) is 0 Å². The van der Waals surface area contributed by atoms with Gasteiger partial charge < -0.3 is 4.90 Å². The topological polar surface area (TPSA) is 3.24 Å². The Balaban J connectivity index is 1.59. The summed E-state index contributed by atoms with van der Waals surface area (Å²) >= 11 is 0. The van der Waals surface area contributed by atoms with Crippen molar-refractivity contribution in [1.29, 1.82) is 0 Å². The van der Waals surface area contributed by atoms with E-state index in [1.165, 1.54) is 70.2 Å². The first-order valence-corrected chi connectivity index (χ1v) is 7.28. The van der Waals surface area contributed by atoms with Crippen LogP contribution in [0.3, 0.4) is 0 Å². The minimum Gasteiger partial charge on any atom is -0.374 e. The minimum atomic E-state index is 0.826. The number of nitrogens with zero attached hydrogens (tertiary/aromatic N) is 1. The molecule has 0 amide bonds. The van der Waals surface area contributed by atoms with Crippen LogP contribution in [0.15, 0.2) is 12.3 Å². The van der Waals surface area contributed by atoms with Crippen LogP contribution in [0.25, 0.3) is 0 Å². The van der Waals surface area contributed by atoms with E-state index in [1.54, 1.807) is 0 Å². The Hall–Kier alpha value is -0.460. The summed E-state index contributed by atoms with van der Waals surface area (Å²) in [5.74, 6) is 2.85. The predicted molar refractivity (Wildman–Crippen MR) is 68.1 cm³/mol. The van der Waals surface area contributed by atoms with Crippen molar-refractivity contribution in [2.24, 2.45) is 17.8 Å². The van der Waals surface area contributed by atoms with Crippen LogP contribution >= 0.6 is 0 Å². The Bertz CT molecular complexity index is 253. The van der Waals surface area contributed by atoms with Gasteiger partial charge in [0.25, 0.3) is 0 Å². The Morgan fingerprint density at radius 3 is 2.06 bits per heavy atom. The molecule has 2 unspecified atom stereocenters. The average molecular weight is 219 g/mol. The second kappa shape index (κ2) is 4.43. The fourth-order valence-electron chi connectivity index (χ4n) is 4.16. The van der Waals surface area contributed by atoms with Crippen molar-refractivity contribution in [2.75, 3.05) is 13.1 Å². The van der Waals surface area contributed by atoms with E-state index in [0.29, 0.717) is 0 Å². The van der Waals surface area contributed by atoms with Gasteiger partial charge in [-0.2, -0.15) is 0 Å². The van der Waals surface area contributed by atoms with Gasteiger partial charge in [-0.15, -0.1) is 0 Å². The van der Waals surface area contributed by atoms with Gasteiger partial charge in [0.2, 0.25) is 0 Å². The molecule has 1 aliphatic heterocycles. The van der Waals surface area contributed by atoms with E-state index in [9.17, 15) is 0 Å². The lowest BCUT2D eigenvalue weighted by Gasteiger charge is -2.31. The summed E-state index contributed by atoms with van der Waals surface area (Å²) in [6.45, 7) is 7.08. The molecule has 0 aromatic heterocycles. The standard InChI is InChI=1S/C15H25N/c1-12(13-6-3-2-4-7-13)16-10-14-8-5-9-15(14)11-16/h13-15H,1-11H2. The van der Waals surface area contributed by atoms with Crippen molar-refractivity contribution in [3.63, 3.8) is 0 Å². The number of allylic oxidation sites excluding steroid dienone is 1. The predicted octanol–water partition coefficient (Wildman–Crippen LogP) is 3.81. The van der Waals surface area contributed by atoms with Crippen LogP contribution in [0.1, 0.15) is 51.4 Å². The van der Waals surface area contributed by atoms with E-state index in [-0.39, 0.29) is 0 Å². The highest BCUT2D eigenvalue weighted by atomic mass is 15.2.